The van der Waals surface area contributed by atoms with Gasteiger partial charge in [0, 0.05) is 38.8 Å². The Kier molecular flexibility index (Phi) is 7.62. The van der Waals surface area contributed by atoms with Crippen LogP contribution in [0, 0.1) is 0 Å². The van der Waals surface area contributed by atoms with Crippen LogP contribution < -0.4 is 0 Å². The molecule has 0 aromatic heterocycles. The Labute approximate surface area is 184 Å². The SMILES string of the molecule is O=C(OC(C(F)(F)F)C(F)(F)F)N1CCN(CC2=CC=C(Br)CC2N2CCCC2)CC1. The minimum absolute atomic E-state index is 0.00244. The highest BCUT2D eigenvalue weighted by Crippen LogP contribution is 2.36. The molecule has 3 aliphatic rings. The van der Waals surface area contributed by atoms with Crippen molar-refractivity contribution in [1.82, 2.24) is 14.7 Å². The zero-order chi connectivity index (χ0) is 22.8. The van der Waals surface area contributed by atoms with E-state index in [0.717, 1.165) is 41.7 Å². The predicted molar refractivity (Wildman–Crippen MR) is 105 cm³/mol. The molecule has 0 aromatic rings. The standard InChI is InChI=1S/C19H24BrF6N3O2/c20-14-4-3-13(15(11-14)28-5-1-2-6-28)12-27-7-9-29(10-8-27)17(30)31-16(18(21,22)23)19(24,25)26/h3-4,15-16H,1-2,5-12H2. The highest BCUT2D eigenvalue weighted by Gasteiger charge is 2.60. The molecule has 176 valence electrons. The summed E-state index contributed by atoms with van der Waals surface area (Å²) in [5.74, 6) is 0. The highest BCUT2D eigenvalue weighted by atomic mass is 79.9. The molecule has 1 atom stereocenters. The van der Waals surface area contributed by atoms with Crippen LogP contribution in [0.25, 0.3) is 0 Å². The van der Waals surface area contributed by atoms with E-state index in [1.807, 2.05) is 6.08 Å². The second-order valence-corrected chi connectivity index (χ2v) is 8.95. The lowest BCUT2D eigenvalue weighted by Crippen LogP contribution is -2.53. The van der Waals surface area contributed by atoms with Gasteiger partial charge in [-0.05, 0) is 42.4 Å². The molecule has 5 nitrogen and oxygen atoms in total. The Balaban J connectivity index is 1.54. The number of amides is 1. The van der Waals surface area contributed by atoms with Crippen LogP contribution in [-0.2, 0) is 4.74 Å². The first-order chi connectivity index (χ1) is 14.4. The van der Waals surface area contributed by atoms with E-state index in [-0.39, 0.29) is 19.1 Å². The number of carbonyl (C=O) groups is 1. The lowest BCUT2D eigenvalue weighted by atomic mass is 9.96. The van der Waals surface area contributed by atoms with Crippen LogP contribution in [0.5, 0.6) is 0 Å². The summed E-state index contributed by atoms with van der Waals surface area (Å²) in [6.07, 6.45) is -9.90. The zero-order valence-corrected chi connectivity index (χ0v) is 18.3. The van der Waals surface area contributed by atoms with Crippen molar-refractivity contribution in [2.45, 2.75) is 43.8 Å². The first-order valence-electron chi connectivity index (χ1n) is 10.1. The van der Waals surface area contributed by atoms with Crippen molar-refractivity contribution in [3.63, 3.8) is 0 Å². The molecule has 0 N–H and O–H groups in total. The molecule has 0 bridgehead atoms. The molecule has 31 heavy (non-hydrogen) atoms. The molecular weight excluding hydrogens is 496 g/mol. The van der Waals surface area contributed by atoms with Gasteiger partial charge in [-0.3, -0.25) is 9.80 Å². The lowest BCUT2D eigenvalue weighted by molar-refractivity contribution is -0.308. The van der Waals surface area contributed by atoms with Gasteiger partial charge in [0.15, 0.2) is 0 Å². The Hall–Kier alpha value is -1.27. The number of nitrogens with zero attached hydrogens (tertiary/aromatic N) is 3. The van der Waals surface area contributed by atoms with Gasteiger partial charge in [0.2, 0.25) is 0 Å². The van der Waals surface area contributed by atoms with Crippen LogP contribution in [0.15, 0.2) is 22.2 Å². The summed E-state index contributed by atoms with van der Waals surface area (Å²) in [5.41, 5.74) is 1.22. The van der Waals surface area contributed by atoms with Gasteiger partial charge >= 0.3 is 18.4 Å². The van der Waals surface area contributed by atoms with E-state index in [1.54, 1.807) is 0 Å². The topological polar surface area (TPSA) is 36.0 Å². The monoisotopic (exact) mass is 519 g/mol. The fourth-order valence-corrected chi connectivity index (χ4v) is 4.55. The molecule has 1 unspecified atom stereocenters. The average molecular weight is 520 g/mol. The third kappa shape index (κ3) is 6.38. The van der Waals surface area contributed by atoms with Gasteiger partial charge in [0.05, 0.1) is 0 Å². The van der Waals surface area contributed by atoms with Gasteiger partial charge in [-0.15, -0.1) is 0 Å². The Bertz CT molecular complexity index is 696. The summed E-state index contributed by atoms with van der Waals surface area (Å²) >= 11 is 3.56. The van der Waals surface area contributed by atoms with Crippen molar-refractivity contribution >= 4 is 22.0 Å². The van der Waals surface area contributed by atoms with Gasteiger partial charge in [-0.2, -0.15) is 26.3 Å². The van der Waals surface area contributed by atoms with Gasteiger partial charge < -0.3 is 9.64 Å². The van der Waals surface area contributed by atoms with Gasteiger partial charge in [-0.25, -0.2) is 4.79 Å². The normalized spacial score (nSPS) is 24.4. The number of ether oxygens (including phenoxy) is 1. The quantitative estimate of drug-likeness (QED) is 0.518. The maximum atomic E-state index is 12.6. The number of alkyl halides is 6. The van der Waals surface area contributed by atoms with Crippen molar-refractivity contribution in [3.05, 3.63) is 22.2 Å². The molecule has 0 radical (unpaired) electrons. The van der Waals surface area contributed by atoms with E-state index in [0.29, 0.717) is 19.6 Å². The number of allylic oxidation sites excluding steroid dienone is 2. The summed E-state index contributed by atoms with van der Waals surface area (Å²) in [5, 5.41) is 0. The summed E-state index contributed by atoms with van der Waals surface area (Å²) in [6, 6.07) is 0.268. The summed E-state index contributed by atoms with van der Waals surface area (Å²) in [6.45, 7) is 3.38. The van der Waals surface area contributed by atoms with Crippen LogP contribution in [0.1, 0.15) is 19.3 Å². The van der Waals surface area contributed by atoms with E-state index in [1.165, 1.54) is 5.57 Å². The van der Waals surface area contributed by atoms with Gasteiger partial charge in [-0.1, -0.05) is 28.1 Å². The molecule has 0 aromatic carbocycles. The minimum atomic E-state index is -5.71. The molecule has 2 aliphatic heterocycles. The number of rotatable bonds is 4. The van der Waals surface area contributed by atoms with Crippen molar-refractivity contribution in [1.29, 1.82) is 0 Å². The van der Waals surface area contributed by atoms with Crippen LogP contribution in [0.4, 0.5) is 31.1 Å². The second-order valence-electron chi connectivity index (χ2n) is 7.93. The number of piperazine rings is 1. The Morgan fingerprint density at radius 1 is 1.00 bits per heavy atom. The van der Waals surface area contributed by atoms with Crippen LogP contribution >= 0.6 is 15.9 Å². The molecule has 2 heterocycles. The largest absolute Gasteiger partial charge is 0.434 e. The molecular formula is C19H24BrF6N3O2. The summed E-state index contributed by atoms with van der Waals surface area (Å²) in [4.78, 5) is 17.3. The fourth-order valence-electron chi connectivity index (χ4n) is 4.11. The van der Waals surface area contributed by atoms with Crippen LogP contribution in [0.3, 0.4) is 0 Å². The Morgan fingerprint density at radius 2 is 1.58 bits per heavy atom. The van der Waals surface area contributed by atoms with E-state index < -0.39 is 24.5 Å². The van der Waals surface area contributed by atoms with E-state index >= 15 is 0 Å². The maximum Gasteiger partial charge on any atom is 0.434 e. The lowest BCUT2D eigenvalue weighted by Gasteiger charge is -2.38. The molecule has 3 rings (SSSR count). The number of hydrogen-bond donors (Lipinski definition) is 0. The first kappa shape index (κ1) is 24.4. The molecule has 2 saturated heterocycles. The average Bonchev–Trinajstić information content (AvgIpc) is 3.20. The number of likely N-dealkylation sites (tertiary alicyclic amines) is 1. The number of halogens is 7. The van der Waals surface area contributed by atoms with Crippen molar-refractivity contribution in [2.24, 2.45) is 0 Å². The fraction of sp³-hybridized carbons (Fsp3) is 0.737. The zero-order valence-electron chi connectivity index (χ0n) is 16.7. The molecule has 0 spiro atoms. The maximum absolute atomic E-state index is 12.6. The smallest absolute Gasteiger partial charge is 0.426 e. The third-order valence-electron chi connectivity index (χ3n) is 5.73. The second kappa shape index (κ2) is 9.70. The molecule has 0 saturated carbocycles. The molecule has 12 heteroatoms. The first-order valence-corrected chi connectivity index (χ1v) is 10.8. The number of carbonyl (C=O) groups excluding carboxylic acids is 1. The van der Waals surface area contributed by atoms with Crippen LogP contribution in [0.2, 0.25) is 0 Å². The van der Waals surface area contributed by atoms with E-state index in [9.17, 15) is 31.1 Å². The highest BCUT2D eigenvalue weighted by molar-refractivity contribution is 9.11. The predicted octanol–water partition coefficient (Wildman–Crippen LogP) is 4.31. The van der Waals surface area contributed by atoms with Gasteiger partial charge in [0.1, 0.15) is 0 Å². The number of hydrogen-bond acceptors (Lipinski definition) is 4. The summed E-state index contributed by atoms with van der Waals surface area (Å²) < 4.78 is 80.6. The molecule has 1 amide bonds. The molecule has 2 fully saturated rings. The van der Waals surface area contributed by atoms with E-state index in [4.69, 9.17) is 0 Å². The summed E-state index contributed by atoms with van der Waals surface area (Å²) in [7, 11) is 0. The van der Waals surface area contributed by atoms with Crippen LogP contribution in [-0.4, -0.2) is 91.1 Å². The van der Waals surface area contributed by atoms with Crippen molar-refractivity contribution < 1.29 is 35.9 Å². The van der Waals surface area contributed by atoms with Crippen molar-refractivity contribution in [3.8, 4) is 0 Å². The van der Waals surface area contributed by atoms with Gasteiger partial charge in [0.25, 0.3) is 6.10 Å². The minimum Gasteiger partial charge on any atom is -0.426 e. The van der Waals surface area contributed by atoms with E-state index in [2.05, 4.69) is 36.5 Å². The Morgan fingerprint density at radius 3 is 2.13 bits per heavy atom. The third-order valence-corrected chi connectivity index (χ3v) is 6.31. The van der Waals surface area contributed by atoms with Crippen molar-refractivity contribution in [2.75, 3.05) is 45.8 Å². The molecule has 1 aliphatic carbocycles.